The van der Waals surface area contributed by atoms with Gasteiger partial charge in [0.1, 0.15) is 13.2 Å². The van der Waals surface area contributed by atoms with Crippen LogP contribution in [0.15, 0.2) is 0 Å². The number of ether oxygens (including phenoxy) is 3. The first-order chi connectivity index (χ1) is 31.9. The van der Waals surface area contributed by atoms with Gasteiger partial charge < -0.3 is 14.2 Å². The highest BCUT2D eigenvalue weighted by molar-refractivity contribution is 5.71. The molecule has 1 atom stereocenters. The Bertz CT molecular complexity index is 980. The molecule has 0 heterocycles. The van der Waals surface area contributed by atoms with Gasteiger partial charge in [-0.1, -0.05) is 297 Å². The molecule has 6 nitrogen and oxygen atoms in total. The summed E-state index contributed by atoms with van der Waals surface area (Å²) < 4.78 is 16.9. The van der Waals surface area contributed by atoms with Crippen molar-refractivity contribution in [1.82, 2.24) is 0 Å². The minimum absolute atomic E-state index is 0.0623. The molecule has 0 aromatic rings. The highest BCUT2D eigenvalue weighted by atomic mass is 16.6. The van der Waals surface area contributed by atoms with E-state index < -0.39 is 6.10 Å². The summed E-state index contributed by atoms with van der Waals surface area (Å²) in [7, 11) is 0. The van der Waals surface area contributed by atoms with Crippen molar-refractivity contribution in [2.24, 2.45) is 5.92 Å². The second-order valence-electron chi connectivity index (χ2n) is 20.8. The van der Waals surface area contributed by atoms with Gasteiger partial charge in [0.25, 0.3) is 0 Å². The molecule has 0 radical (unpaired) electrons. The highest BCUT2D eigenvalue weighted by Crippen LogP contribution is 2.18. The third kappa shape index (κ3) is 53.2. The summed E-state index contributed by atoms with van der Waals surface area (Å²) in [6.45, 7) is 9.03. The van der Waals surface area contributed by atoms with Crippen LogP contribution in [0.2, 0.25) is 0 Å². The van der Waals surface area contributed by atoms with Crippen molar-refractivity contribution in [1.29, 1.82) is 0 Å². The van der Waals surface area contributed by atoms with E-state index in [4.69, 9.17) is 14.2 Å². The number of carbonyl (C=O) groups excluding carboxylic acids is 3. The maximum atomic E-state index is 12.9. The third-order valence-electron chi connectivity index (χ3n) is 13.5. The first-order valence-corrected chi connectivity index (χ1v) is 29.4. The zero-order chi connectivity index (χ0) is 47.4. The van der Waals surface area contributed by atoms with Crippen LogP contribution in [0.5, 0.6) is 0 Å². The lowest BCUT2D eigenvalue weighted by atomic mass is 10.0. The van der Waals surface area contributed by atoms with Crippen molar-refractivity contribution in [3.05, 3.63) is 0 Å². The Hall–Kier alpha value is -1.59. The Balaban J connectivity index is 4.25. The molecule has 0 aromatic heterocycles. The van der Waals surface area contributed by atoms with Crippen molar-refractivity contribution < 1.29 is 28.6 Å². The summed E-state index contributed by atoms with van der Waals surface area (Å²) in [5.74, 6) is -0.0411. The van der Waals surface area contributed by atoms with Crippen LogP contribution in [0.4, 0.5) is 0 Å². The number of rotatable bonds is 54. The minimum atomic E-state index is -0.762. The molecule has 0 fully saturated rings. The molecule has 65 heavy (non-hydrogen) atoms. The number of hydrogen-bond donors (Lipinski definition) is 0. The van der Waals surface area contributed by atoms with Gasteiger partial charge in [-0.3, -0.25) is 14.4 Å². The summed E-state index contributed by atoms with van der Waals surface area (Å²) in [6.07, 6.45) is 58.2. The molecule has 0 N–H and O–H groups in total. The molecule has 0 aliphatic rings. The number of esters is 3. The summed E-state index contributed by atoms with van der Waals surface area (Å²) >= 11 is 0. The first-order valence-electron chi connectivity index (χ1n) is 29.4. The zero-order valence-electron chi connectivity index (χ0n) is 44.5. The second kappa shape index (κ2) is 53.4. The normalized spacial score (nSPS) is 12.0. The zero-order valence-corrected chi connectivity index (χ0v) is 44.5. The smallest absolute Gasteiger partial charge is 0.306 e. The number of carbonyl (C=O) groups is 3. The fourth-order valence-electron chi connectivity index (χ4n) is 9.10. The molecule has 0 spiro atoms. The van der Waals surface area contributed by atoms with E-state index in [1.165, 1.54) is 231 Å². The summed E-state index contributed by atoms with van der Waals surface area (Å²) in [5.41, 5.74) is 0. The predicted octanol–water partition coefficient (Wildman–Crippen LogP) is 19.4. The average molecular weight is 920 g/mol. The topological polar surface area (TPSA) is 78.9 Å². The number of unbranched alkanes of at least 4 members (excludes halogenated alkanes) is 41. The quantitative estimate of drug-likeness (QED) is 0.0344. The maximum Gasteiger partial charge on any atom is 0.306 e. The largest absolute Gasteiger partial charge is 0.462 e. The molecule has 0 saturated heterocycles. The first kappa shape index (κ1) is 63.4. The van der Waals surface area contributed by atoms with Gasteiger partial charge in [0.15, 0.2) is 6.10 Å². The van der Waals surface area contributed by atoms with Crippen molar-refractivity contribution in [3.8, 4) is 0 Å². The van der Waals surface area contributed by atoms with Crippen LogP contribution in [0.3, 0.4) is 0 Å². The molecule has 0 aromatic carbocycles. The van der Waals surface area contributed by atoms with Crippen LogP contribution in [0.25, 0.3) is 0 Å². The monoisotopic (exact) mass is 919 g/mol. The van der Waals surface area contributed by atoms with E-state index in [0.717, 1.165) is 63.7 Å². The fourth-order valence-corrected chi connectivity index (χ4v) is 9.10. The Morgan fingerprint density at radius 1 is 0.292 bits per heavy atom. The van der Waals surface area contributed by atoms with Gasteiger partial charge in [-0.15, -0.1) is 0 Å². The molecule has 0 amide bonds. The van der Waals surface area contributed by atoms with Crippen molar-refractivity contribution in [2.45, 2.75) is 342 Å². The maximum absolute atomic E-state index is 12.9. The minimum Gasteiger partial charge on any atom is -0.462 e. The molecule has 0 aliphatic carbocycles. The van der Waals surface area contributed by atoms with Crippen LogP contribution in [-0.2, 0) is 28.6 Å². The van der Waals surface area contributed by atoms with Gasteiger partial charge in [-0.25, -0.2) is 0 Å². The standard InChI is InChI=1S/C59H114O6/c1-5-7-9-11-13-15-17-19-21-23-25-27-29-31-33-38-42-46-50-57(60)63-53-56(54-64-58(61)51-47-43-39-36-35-37-41-45-49-55(3)4)65-59(62)52-48-44-40-34-32-30-28-26-24-22-20-18-16-14-12-10-8-6-2/h55-56H,5-54H2,1-4H3/t56-/m1/s1. The average Bonchev–Trinajstić information content (AvgIpc) is 3.29. The van der Waals surface area contributed by atoms with Crippen molar-refractivity contribution >= 4 is 17.9 Å². The van der Waals surface area contributed by atoms with Gasteiger partial charge >= 0.3 is 17.9 Å². The van der Waals surface area contributed by atoms with E-state index in [1.807, 2.05) is 0 Å². The predicted molar refractivity (Wildman–Crippen MR) is 280 cm³/mol. The summed E-state index contributed by atoms with van der Waals surface area (Å²) in [6, 6.07) is 0. The molecular formula is C59H114O6. The van der Waals surface area contributed by atoms with Gasteiger partial charge in [0.05, 0.1) is 0 Å². The lowest BCUT2D eigenvalue weighted by Crippen LogP contribution is -2.30. The Kier molecular flexibility index (Phi) is 52.1. The van der Waals surface area contributed by atoms with Crippen LogP contribution in [0.1, 0.15) is 336 Å². The molecule has 6 heteroatoms. The number of hydrogen-bond acceptors (Lipinski definition) is 6. The van der Waals surface area contributed by atoms with Crippen molar-refractivity contribution in [2.75, 3.05) is 13.2 Å². The molecule has 0 unspecified atom stereocenters. The van der Waals surface area contributed by atoms with E-state index >= 15 is 0 Å². The van der Waals surface area contributed by atoms with Gasteiger partial charge in [0, 0.05) is 19.3 Å². The van der Waals surface area contributed by atoms with Crippen LogP contribution in [-0.4, -0.2) is 37.2 Å². The molecule has 0 rings (SSSR count). The van der Waals surface area contributed by atoms with Gasteiger partial charge in [-0.05, 0) is 25.2 Å². The Morgan fingerprint density at radius 2 is 0.508 bits per heavy atom. The Labute approximate surface area is 406 Å². The summed E-state index contributed by atoms with van der Waals surface area (Å²) in [5, 5.41) is 0. The van der Waals surface area contributed by atoms with E-state index in [1.54, 1.807) is 0 Å². The Morgan fingerprint density at radius 3 is 0.754 bits per heavy atom. The van der Waals surface area contributed by atoms with E-state index in [9.17, 15) is 14.4 Å². The molecule has 386 valence electrons. The van der Waals surface area contributed by atoms with E-state index in [2.05, 4.69) is 27.7 Å². The van der Waals surface area contributed by atoms with Crippen molar-refractivity contribution in [3.63, 3.8) is 0 Å². The SMILES string of the molecule is CCCCCCCCCCCCCCCCCCCCC(=O)OC[C@H](COC(=O)CCCCCCCCCCC(C)C)OC(=O)CCCCCCCCCCCCCCCCCCCC. The second-order valence-corrected chi connectivity index (χ2v) is 20.8. The van der Waals surface area contributed by atoms with Crippen LogP contribution in [0, 0.1) is 5.92 Å². The fraction of sp³-hybridized carbons (Fsp3) is 0.949. The van der Waals surface area contributed by atoms with Crippen LogP contribution >= 0.6 is 0 Å². The third-order valence-corrected chi connectivity index (χ3v) is 13.5. The van der Waals surface area contributed by atoms with Gasteiger partial charge in [-0.2, -0.15) is 0 Å². The van der Waals surface area contributed by atoms with Gasteiger partial charge in [0.2, 0.25) is 0 Å². The molecule has 0 aliphatic heterocycles. The van der Waals surface area contributed by atoms with E-state index in [-0.39, 0.29) is 31.1 Å². The summed E-state index contributed by atoms with van der Waals surface area (Å²) in [4.78, 5) is 38.1. The van der Waals surface area contributed by atoms with Crippen LogP contribution < -0.4 is 0 Å². The highest BCUT2D eigenvalue weighted by Gasteiger charge is 2.19. The lowest BCUT2D eigenvalue weighted by Gasteiger charge is -2.18. The molecule has 0 bridgehead atoms. The lowest BCUT2D eigenvalue weighted by molar-refractivity contribution is -0.167. The molecular weight excluding hydrogens is 805 g/mol. The molecule has 0 saturated carbocycles. The van der Waals surface area contributed by atoms with E-state index in [0.29, 0.717) is 19.3 Å².